The molecule has 4 atom stereocenters. The number of H-pyrrole nitrogens is 2. The number of hydrogen-bond acceptors (Lipinski definition) is 9. The average Bonchev–Trinajstić information content (AvgIpc) is 3.60. The summed E-state index contributed by atoms with van der Waals surface area (Å²) in [5.41, 5.74) is 8.68. The lowest BCUT2D eigenvalue weighted by Crippen LogP contribution is -2.46. The number of fused-ring (bicyclic) bond motifs is 2. The number of ether oxygens (including phenoxy) is 1. The number of amides is 3. The van der Waals surface area contributed by atoms with Gasteiger partial charge in [0.15, 0.2) is 11.3 Å². The Morgan fingerprint density at radius 3 is 1.74 bits per heavy atom. The lowest BCUT2D eigenvalue weighted by molar-refractivity contribution is 0.0488. The predicted molar refractivity (Wildman–Crippen MR) is 184 cm³/mol. The van der Waals surface area contributed by atoms with E-state index in [0.29, 0.717) is 49.1 Å². The van der Waals surface area contributed by atoms with Gasteiger partial charge in [-0.2, -0.15) is 0 Å². The highest BCUT2D eigenvalue weighted by molar-refractivity contribution is 9.10. The predicted octanol–water partition coefficient (Wildman–Crippen LogP) is 5.01. The molecule has 4 aromatic heterocycles. The van der Waals surface area contributed by atoms with E-state index in [1.807, 2.05) is 20.8 Å². The van der Waals surface area contributed by atoms with Crippen molar-refractivity contribution in [2.75, 3.05) is 0 Å². The first kappa shape index (κ1) is 34.7. The number of aromatic amines is 2. The molecular formula is C31H40Br2N10O4. The van der Waals surface area contributed by atoms with Gasteiger partial charge in [-0.1, -0.05) is 0 Å². The first-order valence-corrected chi connectivity index (χ1v) is 17.3. The van der Waals surface area contributed by atoms with Crippen LogP contribution in [0.25, 0.3) is 22.3 Å². The summed E-state index contributed by atoms with van der Waals surface area (Å²) in [5.74, 6) is -0.320. The fourth-order valence-corrected chi connectivity index (χ4v) is 6.46. The molecule has 2 aliphatic carbocycles. The molecular weight excluding hydrogens is 736 g/mol. The molecule has 0 spiro atoms. The number of carbonyl (C=O) groups is 3. The highest BCUT2D eigenvalue weighted by Gasteiger charge is 2.28. The van der Waals surface area contributed by atoms with Crippen molar-refractivity contribution in [2.24, 2.45) is 5.73 Å². The number of halogens is 2. The number of aromatic nitrogens is 6. The minimum atomic E-state index is -0.531. The maximum Gasteiger partial charge on any atom is 0.407 e. The van der Waals surface area contributed by atoms with Crippen molar-refractivity contribution < 1.29 is 19.1 Å². The third-order valence-electron chi connectivity index (χ3n) is 7.97. The molecule has 16 heteroatoms. The molecule has 0 aliphatic heterocycles. The number of nitrogens with zero attached hydrogens (tertiary/aromatic N) is 4. The van der Waals surface area contributed by atoms with E-state index in [-0.39, 0.29) is 36.0 Å². The Labute approximate surface area is 288 Å². The second kappa shape index (κ2) is 15.1. The SMILES string of the molecule is CC(C)(C)OC(=O)NC1CCCC(NC(=O)c2c[nH]c3ncc(Br)nc23)C1.NC1CCCC(NC(=O)c2c[nH]c3ncc(Br)nc23)C1. The van der Waals surface area contributed by atoms with Gasteiger partial charge in [-0.25, -0.2) is 24.7 Å². The van der Waals surface area contributed by atoms with Gasteiger partial charge in [-0.3, -0.25) is 9.59 Å². The van der Waals surface area contributed by atoms with E-state index >= 15 is 0 Å². The van der Waals surface area contributed by atoms with Crippen LogP contribution in [-0.2, 0) is 4.74 Å². The minimum Gasteiger partial charge on any atom is -0.444 e. The van der Waals surface area contributed by atoms with Gasteiger partial charge in [0.25, 0.3) is 11.8 Å². The molecule has 0 aromatic carbocycles. The van der Waals surface area contributed by atoms with Crippen LogP contribution in [0.5, 0.6) is 0 Å². The summed E-state index contributed by atoms with van der Waals surface area (Å²) < 4.78 is 6.50. The summed E-state index contributed by atoms with van der Waals surface area (Å²) in [6, 6.07) is 0.300. The van der Waals surface area contributed by atoms with Gasteiger partial charge in [0, 0.05) is 36.6 Å². The topological polar surface area (TPSA) is 206 Å². The van der Waals surface area contributed by atoms with Gasteiger partial charge in [0.1, 0.15) is 25.8 Å². The Bertz CT molecular complexity index is 1740. The molecule has 6 rings (SSSR count). The number of carbonyl (C=O) groups excluding carboxylic acids is 3. The fourth-order valence-electron chi connectivity index (χ4n) is 5.90. The molecule has 47 heavy (non-hydrogen) atoms. The van der Waals surface area contributed by atoms with Crippen LogP contribution < -0.4 is 21.7 Å². The van der Waals surface area contributed by atoms with Crippen molar-refractivity contribution >= 4 is 72.1 Å². The van der Waals surface area contributed by atoms with E-state index in [2.05, 4.69) is 77.7 Å². The van der Waals surface area contributed by atoms with E-state index in [1.54, 1.807) is 24.8 Å². The summed E-state index contributed by atoms with van der Waals surface area (Å²) in [7, 11) is 0. The van der Waals surface area contributed by atoms with Crippen molar-refractivity contribution in [1.82, 2.24) is 45.9 Å². The van der Waals surface area contributed by atoms with Crippen LogP contribution in [0.2, 0.25) is 0 Å². The summed E-state index contributed by atoms with van der Waals surface area (Å²) in [6.07, 6.45) is 13.3. The zero-order valence-electron chi connectivity index (χ0n) is 26.5. The van der Waals surface area contributed by atoms with Crippen LogP contribution in [-0.4, -0.2) is 77.6 Å². The monoisotopic (exact) mass is 774 g/mol. The van der Waals surface area contributed by atoms with E-state index in [4.69, 9.17) is 10.5 Å². The van der Waals surface area contributed by atoms with E-state index in [9.17, 15) is 14.4 Å². The third kappa shape index (κ3) is 9.47. The third-order valence-corrected chi connectivity index (χ3v) is 8.74. The molecule has 4 unspecified atom stereocenters. The Morgan fingerprint density at radius 2 is 1.26 bits per heavy atom. The number of nitrogens with two attached hydrogens (primary N) is 1. The van der Waals surface area contributed by atoms with Gasteiger partial charge < -0.3 is 36.4 Å². The summed E-state index contributed by atoms with van der Waals surface area (Å²) >= 11 is 6.55. The zero-order chi connectivity index (χ0) is 33.7. The quantitative estimate of drug-likeness (QED) is 0.161. The van der Waals surface area contributed by atoms with Crippen LogP contribution in [0.1, 0.15) is 92.9 Å². The normalized spacial score (nSPS) is 21.4. The molecule has 0 radical (unpaired) electrons. The molecule has 252 valence electrons. The Hall–Kier alpha value is -3.63. The molecule has 2 saturated carbocycles. The average molecular weight is 777 g/mol. The molecule has 2 aliphatic rings. The highest BCUT2D eigenvalue weighted by Crippen LogP contribution is 2.23. The molecule has 2 fully saturated rings. The molecule has 0 bridgehead atoms. The summed E-state index contributed by atoms with van der Waals surface area (Å²) in [5, 5.41) is 8.99. The largest absolute Gasteiger partial charge is 0.444 e. The van der Waals surface area contributed by atoms with Crippen LogP contribution in [0.4, 0.5) is 4.79 Å². The molecule has 14 nitrogen and oxygen atoms in total. The maximum absolute atomic E-state index is 12.7. The smallest absolute Gasteiger partial charge is 0.407 e. The fraction of sp³-hybridized carbons (Fsp3) is 0.516. The number of nitrogens with one attached hydrogen (secondary N) is 5. The van der Waals surface area contributed by atoms with E-state index in [0.717, 1.165) is 44.9 Å². The van der Waals surface area contributed by atoms with Gasteiger partial charge in [-0.05, 0) is 104 Å². The van der Waals surface area contributed by atoms with Crippen LogP contribution >= 0.6 is 31.9 Å². The molecule has 4 aromatic rings. The van der Waals surface area contributed by atoms with E-state index in [1.165, 1.54) is 0 Å². The second-order valence-corrected chi connectivity index (χ2v) is 14.6. The lowest BCUT2D eigenvalue weighted by atomic mass is 9.91. The van der Waals surface area contributed by atoms with Gasteiger partial charge in [0.05, 0.1) is 23.5 Å². The van der Waals surface area contributed by atoms with Crippen molar-refractivity contribution in [1.29, 1.82) is 0 Å². The first-order valence-electron chi connectivity index (χ1n) is 15.7. The van der Waals surface area contributed by atoms with Crippen LogP contribution in [0.15, 0.2) is 34.0 Å². The molecule has 0 saturated heterocycles. The van der Waals surface area contributed by atoms with Crippen LogP contribution in [0.3, 0.4) is 0 Å². The number of rotatable bonds is 5. The Morgan fingerprint density at radius 1 is 0.787 bits per heavy atom. The summed E-state index contributed by atoms with van der Waals surface area (Å²) in [6.45, 7) is 5.50. The van der Waals surface area contributed by atoms with Crippen LogP contribution in [0, 0.1) is 0 Å². The Balaban J connectivity index is 0.000000193. The standard InChI is InChI=1S/C18H24BrN5O3.C13H16BrN5O/c1-18(2,3)27-17(26)23-11-6-4-5-10(7-11)22-16(25)12-8-20-15-14(12)24-13(19)9-21-15;14-10-6-17-12-11(19-10)9(5-16-12)13(20)18-8-3-1-2-7(15)4-8/h8-11H,4-7H2,1-3H3,(H,20,21)(H,22,25)(H,23,26);5-8H,1-4,15H2,(H,16,17)(H,18,20). The van der Waals surface area contributed by atoms with E-state index < -0.39 is 11.7 Å². The molecule has 7 N–H and O–H groups in total. The van der Waals surface area contributed by atoms with Gasteiger partial charge >= 0.3 is 6.09 Å². The van der Waals surface area contributed by atoms with Crippen molar-refractivity contribution in [3.63, 3.8) is 0 Å². The molecule has 4 heterocycles. The maximum atomic E-state index is 12.7. The van der Waals surface area contributed by atoms with Crippen molar-refractivity contribution in [3.05, 3.63) is 45.1 Å². The number of hydrogen-bond donors (Lipinski definition) is 6. The second-order valence-electron chi connectivity index (χ2n) is 13.0. The zero-order valence-corrected chi connectivity index (χ0v) is 29.7. The van der Waals surface area contributed by atoms with Gasteiger partial charge in [-0.15, -0.1) is 0 Å². The lowest BCUT2D eigenvalue weighted by Gasteiger charge is -2.31. The van der Waals surface area contributed by atoms with Crippen molar-refractivity contribution in [3.8, 4) is 0 Å². The van der Waals surface area contributed by atoms with Gasteiger partial charge in [0.2, 0.25) is 0 Å². The highest BCUT2D eigenvalue weighted by atomic mass is 79.9. The summed E-state index contributed by atoms with van der Waals surface area (Å²) in [4.78, 5) is 59.9. The Kier molecular flexibility index (Phi) is 11.1. The minimum absolute atomic E-state index is 0.0174. The first-order chi connectivity index (χ1) is 22.3. The number of alkyl carbamates (subject to hydrolysis) is 1. The van der Waals surface area contributed by atoms with Crippen molar-refractivity contribution in [2.45, 2.75) is 102 Å². The molecule has 3 amide bonds.